The average Bonchev–Trinajstić information content (AvgIpc) is 3.13. The van der Waals surface area contributed by atoms with Crippen molar-refractivity contribution in [3.8, 4) is 21.9 Å². The highest BCUT2D eigenvalue weighted by Gasteiger charge is 2.28. The van der Waals surface area contributed by atoms with Crippen LogP contribution < -0.4 is 9.47 Å². The minimum absolute atomic E-state index is 0.273. The van der Waals surface area contributed by atoms with Gasteiger partial charge in [0.05, 0.1) is 28.9 Å². The third kappa shape index (κ3) is 3.39. The number of benzene rings is 3. The Bertz CT molecular complexity index is 1290. The predicted octanol–water partition coefficient (Wildman–Crippen LogP) is 5.73. The van der Waals surface area contributed by atoms with Crippen LogP contribution in [-0.4, -0.2) is 22.6 Å². The Kier molecular flexibility index (Phi) is 5.06. The molecule has 0 saturated heterocycles. The summed E-state index contributed by atoms with van der Waals surface area (Å²) in [6.45, 7) is 1.93. The fourth-order valence-electron chi connectivity index (χ4n) is 3.29. The van der Waals surface area contributed by atoms with E-state index in [0.29, 0.717) is 26.7 Å². The van der Waals surface area contributed by atoms with Crippen molar-refractivity contribution in [2.24, 2.45) is 0 Å². The molecule has 0 saturated carbocycles. The van der Waals surface area contributed by atoms with Crippen LogP contribution in [0.15, 0.2) is 76.5 Å². The Balaban J connectivity index is 2.07. The summed E-state index contributed by atoms with van der Waals surface area (Å²) in [6, 6.07) is 19.9. The molecule has 0 spiro atoms. The van der Waals surface area contributed by atoms with Crippen molar-refractivity contribution in [2.45, 2.75) is 16.7 Å². The minimum Gasteiger partial charge on any atom is -0.497 e. The van der Waals surface area contributed by atoms with E-state index in [4.69, 9.17) is 9.47 Å². The zero-order valence-electron chi connectivity index (χ0n) is 16.3. The molecule has 0 aliphatic heterocycles. The maximum atomic E-state index is 13.7. The van der Waals surface area contributed by atoms with Crippen LogP contribution in [0.1, 0.15) is 5.56 Å². The maximum absolute atomic E-state index is 13.7. The number of ether oxygens (including phenoxy) is 2. The topological polar surface area (TPSA) is 52.6 Å². The summed E-state index contributed by atoms with van der Waals surface area (Å²) in [6.07, 6.45) is 0. The highest BCUT2D eigenvalue weighted by atomic mass is 32.2. The molecule has 29 heavy (non-hydrogen) atoms. The van der Waals surface area contributed by atoms with E-state index >= 15 is 0 Å². The van der Waals surface area contributed by atoms with E-state index in [1.807, 2.05) is 55.5 Å². The molecule has 0 fully saturated rings. The van der Waals surface area contributed by atoms with E-state index in [1.165, 1.54) is 11.3 Å². The first-order valence-corrected chi connectivity index (χ1v) is 11.3. The summed E-state index contributed by atoms with van der Waals surface area (Å²) in [5.74, 6) is 1.32. The van der Waals surface area contributed by atoms with Crippen molar-refractivity contribution in [3.63, 3.8) is 0 Å². The van der Waals surface area contributed by atoms with Crippen LogP contribution in [0.2, 0.25) is 0 Å². The fraction of sp³-hybridized carbons (Fsp3) is 0.130. The monoisotopic (exact) mass is 424 g/mol. The third-order valence-corrected chi connectivity index (χ3v) is 7.97. The van der Waals surface area contributed by atoms with Gasteiger partial charge in [-0.1, -0.05) is 29.8 Å². The second-order valence-corrected chi connectivity index (χ2v) is 9.58. The largest absolute Gasteiger partial charge is 0.497 e. The molecule has 3 aromatic carbocycles. The molecule has 0 aliphatic carbocycles. The summed E-state index contributed by atoms with van der Waals surface area (Å²) in [4.78, 5) is 1.23. The Morgan fingerprint density at radius 1 is 0.862 bits per heavy atom. The van der Waals surface area contributed by atoms with Gasteiger partial charge < -0.3 is 9.47 Å². The summed E-state index contributed by atoms with van der Waals surface area (Å²) in [7, 11) is -0.565. The third-order valence-electron chi connectivity index (χ3n) is 4.80. The molecule has 148 valence electrons. The van der Waals surface area contributed by atoms with Crippen LogP contribution in [0.3, 0.4) is 0 Å². The molecule has 4 nitrogen and oxygen atoms in total. The smallest absolute Gasteiger partial charge is 0.208 e. The highest BCUT2D eigenvalue weighted by Crippen LogP contribution is 2.47. The van der Waals surface area contributed by atoms with E-state index in [1.54, 1.807) is 32.4 Å². The lowest BCUT2D eigenvalue weighted by Crippen LogP contribution is -2.03. The summed E-state index contributed by atoms with van der Waals surface area (Å²) in [5, 5.41) is 0.678. The lowest BCUT2D eigenvalue weighted by molar-refractivity contribution is 0.415. The molecule has 0 N–H and O–H groups in total. The van der Waals surface area contributed by atoms with Crippen molar-refractivity contribution < 1.29 is 17.9 Å². The Morgan fingerprint density at radius 2 is 1.59 bits per heavy atom. The van der Waals surface area contributed by atoms with Crippen molar-refractivity contribution >= 4 is 31.3 Å². The zero-order chi connectivity index (χ0) is 20.6. The van der Waals surface area contributed by atoms with Gasteiger partial charge in [0.15, 0.2) is 0 Å². The van der Waals surface area contributed by atoms with Crippen LogP contribution in [0, 0.1) is 6.92 Å². The van der Waals surface area contributed by atoms with E-state index in [-0.39, 0.29) is 4.90 Å². The number of sulfone groups is 1. The lowest BCUT2D eigenvalue weighted by Gasteiger charge is -2.11. The molecule has 0 radical (unpaired) electrons. The van der Waals surface area contributed by atoms with E-state index < -0.39 is 9.84 Å². The number of thiophene rings is 1. The Morgan fingerprint density at radius 3 is 2.28 bits per heavy atom. The quantitative estimate of drug-likeness (QED) is 0.411. The van der Waals surface area contributed by atoms with Crippen LogP contribution >= 0.6 is 11.3 Å². The fourth-order valence-corrected chi connectivity index (χ4v) is 6.52. The molecular weight excluding hydrogens is 404 g/mol. The molecule has 0 aliphatic rings. The minimum atomic E-state index is -3.75. The highest BCUT2D eigenvalue weighted by molar-refractivity contribution is 7.92. The molecule has 0 bridgehead atoms. The van der Waals surface area contributed by atoms with Gasteiger partial charge in [-0.2, -0.15) is 0 Å². The summed E-state index contributed by atoms with van der Waals surface area (Å²) in [5.41, 5.74) is 1.76. The standard InChI is InChI=1S/C23H20O4S2/c1-15-8-11-17(12-9-15)29(24,25)23-19-13-10-16(26-2)14-21(19)28-22(23)18-6-4-5-7-20(18)27-3/h4-14H,1-3H3. The predicted molar refractivity (Wildman–Crippen MR) is 117 cm³/mol. The van der Waals surface area contributed by atoms with Crippen LogP contribution in [0.4, 0.5) is 0 Å². The number of methoxy groups -OCH3 is 2. The van der Waals surface area contributed by atoms with Gasteiger partial charge in [-0.15, -0.1) is 11.3 Å². The zero-order valence-corrected chi connectivity index (χ0v) is 17.9. The van der Waals surface area contributed by atoms with Gasteiger partial charge in [-0.05, 0) is 49.4 Å². The second-order valence-electron chi connectivity index (χ2n) is 6.64. The lowest BCUT2D eigenvalue weighted by atomic mass is 10.1. The van der Waals surface area contributed by atoms with Crippen LogP contribution in [0.5, 0.6) is 11.5 Å². The first kappa shape index (κ1) is 19.5. The first-order chi connectivity index (χ1) is 14.0. The number of para-hydroxylation sites is 1. The van der Waals surface area contributed by atoms with Crippen molar-refractivity contribution in [1.82, 2.24) is 0 Å². The SMILES string of the molecule is COc1ccc2c(S(=O)(=O)c3ccc(C)cc3)c(-c3ccccc3OC)sc2c1. The van der Waals surface area contributed by atoms with E-state index in [9.17, 15) is 8.42 Å². The average molecular weight is 425 g/mol. The number of hydrogen-bond donors (Lipinski definition) is 0. The molecule has 4 rings (SSSR count). The molecular formula is C23H20O4S2. The van der Waals surface area contributed by atoms with Gasteiger partial charge in [-0.3, -0.25) is 0 Å². The van der Waals surface area contributed by atoms with Gasteiger partial charge in [-0.25, -0.2) is 8.42 Å². The van der Waals surface area contributed by atoms with Gasteiger partial charge in [0.2, 0.25) is 9.84 Å². The molecule has 1 aromatic heterocycles. The van der Waals surface area contributed by atoms with Crippen molar-refractivity contribution in [1.29, 1.82) is 0 Å². The van der Waals surface area contributed by atoms with Gasteiger partial charge in [0.1, 0.15) is 11.5 Å². The van der Waals surface area contributed by atoms with Gasteiger partial charge in [0, 0.05) is 15.6 Å². The second kappa shape index (κ2) is 7.54. The van der Waals surface area contributed by atoms with Crippen molar-refractivity contribution in [2.75, 3.05) is 14.2 Å². The number of rotatable bonds is 5. The maximum Gasteiger partial charge on any atom is 0.208 e. The van der Waals surface area contributed by atoms with Crippen molar-refractivity contribution in [3.05, 3.63) is 72.3 Å². The molecule has 4 aromatic rings. The number of aryl methyl sites for hydroxylation is 1. The number of hydrogen-bond acceptors (Lipinski definition) is 5. The number of fused-ring (bicyclic) bond motifs is 1. The molecule has 0 amide bonds. The molecule has 6 heteroatoms. The normalized spacial score (nSPS) is 11.6. The molecule has 0 atom stereocenters. The summed E-state index contributed by atoms with van der Waals surface area (Å²) >= 11 is 1.42. The van der Waals surface area contributed by atoms with Gasteiger partial charge in [0.25, 0.3) is 0 Å². The Hall–Kier alpha value is -2.83. The van der Waals surface area contributed by atoms with E-state index in [0.717, 1.165) is 15.8 Å². The van der Waals surface area contributed by atoms with Crippen LogP contribution in [-0.2, 0) is 9.84 Å². The van der Waals surface area contributed by atoms with E-state index in [2.05, 4.69) is 0 Å². The first-order valence-electron chi connectivity index (χ1n) is 9.01. The van der Waals surface area contributed by atoms with Gasteiger partial charge >= 0.3 is 0 Å². The Labute approximate surface area is 174 Å². The molecule has 1 heterocycles. The summed E-state index contributed by atoms with van der Waals surface area (Å²) < 4.78 is 39.1. The molecule has 0 unspecified atom stereocenters. The van der Waals surface area contributed by atoms with Crippen LogP contribution in [0.25, 0.3) is 20.5 Å².